The van der Waals surface area contributed by atoms with Gasteiger partial charge in [-0.2, -0.15) is 4.98 Å². The Hall–Kier alpha value is -2.21. The Balaban J connectivity index is 1.98. The molecule has 0 aromatic carbocycles. The molecule has 102 valence electrons. The zero-order valence-electron chi connectivity index (χ0n) is 11.4. The molecule has 0 aliphatic carbocycles. The number of hydrogen-bond donors (Lipinski definition) is 1. The molecule has 0 fully saturated rings. The molecule has 0 saturated carbocycles. The summed E-state index contributed by atoms with van der Waals surface area (Å²) in [6.07, 6.45) is 3.66. The zero-order chi connectivity index (χ0) is 13.9. The highest BCUT2D eigenvalue weighted by Crippen LogP contribution is 2.29. The molecule has 0 saturated heterocycles. The van der Waals surface area contributed by atoms with Gasteiger partial charge in [-0.05, 0) is 23.1 Å². The molecule has 0 radical (unpaired) electrons. The van der Waals surface area contributed by atoms with Gasteiger partial charge in [-0.15, -0.1) is 11.3 Å². The summed E-state index contributed by atoms with van der Waals surface area (Å²) in [6, 6.07) is 6.07. The summed E-state index contributed by atoms with van der Waals surface area (Å²) in [6.45, 7) is 0.763. The van der Waals surface area contributed by atoms with Crippen molar-refractivity contribution in [1.82, 2.24) is 15.0 Å². The maximum Gasteiger partial charge on any atom is 0.225 e. The van der Waals surface area contributed by atoms with Gasteiger partial charge in [0.25, 0.3) is 0 Å². The second kappa shape index (κ2) is 5.42. The summed E-state index contributed by atoms with van der Waals surface area (Å²) in [5.41, 5.74) is 1.16. The van der Waals surface area contributed by atoms with E-state index in [0.29, 0.717) is 5.95 Å². The van der Waals surface area contributed by atoms with E-state index in [1.165, 1.54) is 0 Å². The van der Waals surface area contributed by atoms with Crippen LogP contribution in [0.1, 0.15) is 5.56 Å². The molecule has 0 aliphatic rings. The van der Waals surface area contributed by atoms with Crippen LogP contribution in [0, 0.1) is 0 Å². The highest BCUT2D eigenvalue weighted by Gasteiger charge is 2.12. The van der Waals surface area contributed by atoms with Crippen LogP contribution < -0.4 is 10.2 Å². The normalized spacial score (nSPS) is 10.7. The van der Waals surface area contributed by atoms with Crippen molar-refractivity contribution in [2.75, 3.05) is 24.3 Å². The topological polar surface area (TPSA) is 53.9 Å². The molecular weight excluding hydrogens is 270 g/mol. The summed E-state index contributed by atoms with van der Waals surface area (Å²) in [4.78, 5) is 16.3. The highest BCUT2D eigenvalue weighted by molar-refractivity contribution is 7.16. The van der Waals surface area contributed by atoms with E-state index in [-0.39, 0.29) is 0 Å². The number of thiophene rings is 1. The summed E-state index contributed by atoms with van der Waals surface area (Å²) in [5.74, 6) is 1.58. The average molecular weight is 285 g/mol. The van der Waals surface area contributed by atoms with E-state index in [2.05, 4.69) is 37.3 Å². The first kappa shape index (κ1) is 12.8. The molecule has 0 aliphatic heterocycles. The Labute approximate surface area is 121 Å². The molecular formula is C14H15N5S. The van der Waals surface area contributed by atoms with Crippen LogP contribution in [0.4, 0.5) is 11.8 Å². The van der Waals surface area contributed by atoms with Gasteiger partial charge in [0.2, 0.25) is 5.95 Å². The minimum atomic E-state index is 0.646. The van der Waals surface area contributed by atoms with E-state index in [1.54, 1.807) is 17.5 Å². The van der Waals surface area contributed by atoms with Gasteiger partial charge in [-0.1, -0.05) is 6.07 Å². The standard InChI is InChI=1S/C14H15N5S/c1-15-14-17-12(11-5-7-20-13(11)18-14)19(2)9-10-4-3-6-16-8-10/h3-8H,9H2,1-2H3,(H,15,17,18). The fourth-order valence-electron chi connectivity index (χ4n) is 2.08. The molecule has 0 atom stereocenters. The smallest absolute Gasteiger partial charge is 0.225 e. The fraction of sp³-hybridized carbons (Fsp3) is 0.214. The van der Waals surface area contributed by atoms with Crippen molar-refractivity contribution in [3.63, 3.8) is 0 Å². The average Bonchev–Trinajstić information content (AvgIpc) is 2.95. The number of fused-ring (bicyclic) bond motifs is 1. The SMILES string of the molecule is CNc1nc(N(C)Cc2cccnc2)c2ccsc2n1. The number of anilines is 2. The van der Waals surface area contributed by atoms with Gasteiger partial charge in [0.15, 0.2) is 0 Å². The van der Waals surface area contributed by atoms with Gasteiger partial charge in [-0.25, -0.2) is 4.98 Å². The largest absolute Gasteiger partial charge is 0.357 e. The van der Waals surface area contributed by atoms with Crippen LogP contribution in [0.2, 0.25) is 0 Å². The molecule has 20 heavy (non-hydrogen) atoms. The Morgan fingerprint density at radius 1 is 1.30 bits per heavy atom. The number of pyridine rings is 1. The van der Waals surface area contributed by atoms with E-state index < -0.39 is 0 Å². The number of hydrogen-bond acceptors (Lipinski definition) is 6. The molecule has 0 unspecified atom stereocenters. The molecule has 3 rings (SSSR count). The molecule has 0 bridgehead atoms. The summed E-state index contributed by atoms with van der Waals surface area (Å²) in [5, 5.41) is 6.14. The van der Waals surface area contributed by atoms with Crippen molar-refractivity contribution in [2.24, 2.45) is 0 Å². The van der Waals surface area contributed by atoms with Crippen molar-refractivity contribution in [3.05, 3.63) is 41.5 Å². The molecule has 0 spiro atoms. The van der Waals surface area contributed by atoms with Crippen molar-refractivity contribution >= 4 is 33.3 Å². The van der Waals surface area contributed by atoms with Gasteiger partial charge in [0.05, 0.1) is 5.39 Å². The lowest BCUT2D eigenvalue weighted by Gasteiger charge is -2.19. The minimum Gasteiger partial charge on any atom is -0.357 e. The zero-order valence-corrected chi connectivity index (χ0v) is 12.2. The first-order valence-electron chi connectivity index (χ1n) is 6.31. The predicted molar refractivity (Wildman–Crippen MR) is 83.3 cm³/mol. The first-order chi connectivity index (χ1) is 9.78. The van der Waals surface area contributed by atoms with Crippen LogP contribution >= 0.6 is 11.3 Å². The number of rotatable bonds is 4. The van der Waals surface area contributed by atoms with Crippen molar-refractivity contribution in [2.45, 2.75) is 6.54 Å². The van der Waals surface area contributed by atoms with Gasteiger partial charge in [0.1, 0.15) is 10.6 Å². The Morgan fingerprint density at radius 3 is 2.95 bits per heavy atom. The summed E-state index contributed by atoms with van der Waals surface area (Å²) in [7, 11) is 3.87. The minimum absolute atomic E-state index is 0.646. The number of nitrogens with zero attached hydrogens (tertiary/aromatic N) is 4. The molecule has 0 amide bonds. The predicted octanol–water partition coefficient (Wildman–Crippen LogP) is 2.76. The second-order valence-corrected chi connectivity index (χ2v) is 5.37. The van der Waals surface area contributed by atoms with E-state index in [1.807, 2.05) is 31.7 Å². The number of aromatic nitrogens is 3. The van der Waals surface area contributed by atoms with Crippen LogP contribution in [0.15, 0.2) is 36.0 Å². The quantitative estimate of drug-likeness (QED) is 0.799. The van der Waals surface area contributed by atoms with Gasteiger partial charge < -0.3 is 10.2 Å². The third-order valence-electron chi connectivity index (χ3n) is 3.03. The first-order valence-corrected chi connectivity index (χ1v) is 7.19. The van der Waals surface area contributed by atoms with Gasteiger partial charge in [-0.3, -0.25) is 4.98 Å². The fourth-order valence-corrected chi connectivity index (χ4v) is 2.84. The van der Waals surface area contributed by atoms with Crippen LogP contribution in [-0.4, -0.2) is 29.0 Å². The molecule has 5 nitrogen and oxygen atoms in total. The van der Waals surface area contributed by atoms with Gasteiger partial charge >= 0.3 is 0 Å². The van der Waals surface area contributed by atoms with Crippen molar-refractivity contribution in [3.8, 4) is 0 Å². The summed E-state index contributed by atoms with van der Waals surface area (Å²) >= 11 is 1.62. The van der Waals surface area contributed by atoms with Gasteiger partial charge in [0, 0.05) is 33.0 Å². The monoisotopic (exact) mass is 285 g/mol. The van der Waals surface area contributed by atoms with E-state index in [0.717, 1.165) is 28.1 Å². The molecule has 6 heteroatoms. The van der Waals surface area contributed by atoms with Crippen LogP contribution in [0.3, 0.4) is 0 Å². The number of nitrogens with one attached hydrogen (secondary N) is 1. The maximum absolute atomic E-state index is 4.58. The van der Waals surface area contributed by atoms with Crippen LogP contribution in [0.25, 0.3) is 10.2 Å². The van der Waals surface area contributed by atoms with Crippen molar-refractivity contribution in [1.29, 1.82) is 0 Å². The third-order valence-corrected chi connectivity index (χ3v) is 3.84. The third kappa shape index (κ3) is 2.42. The Morgan fingerprint density at radius 2 is 2.20 bits per heavy atom. The molecule has 1 N–H and O–H groups in total. The maximum atomic E-state index is 4.58. The lowest BCUT2D eigenvalue weighted by atomic mass is 10.2. The molecule has 3 heterocycles. The highest BCUT2D eigenvalue weighted by atomic mass is 32.1. The lowest BCUT2D eigenvalue weighted by molar-refractivity contribution is 0.895. The van der Waals surface area contributed by atoms with E-state index in [4.69, 9.17) is 0 Å². The molecule has 3 aromatic rings. The Bertz CT molecular complexity index is 710. The summed E-state index contributed by atoms with van der Waals surface area (Å²) < 4.78 is 0. The van der Waals surface area contributed by atoms with E-state index >= 15 is 0 Å². The van der Waals surface area contributed by atoms with Crippen LogP contribution in [-0.2, 0) is 6.54 Å². The van der Waals surface area contributed by atoms with E-state index in [9.17, 15) is 0 Å². The second-order valence-electron chi connectivity index (χ2n) is 4.48. The lowest BCUT2D eigenvalue weighted by Crippen LogP contribution is -2.18. The Kier molecular flexibility index (Phi) is 3.47. The molecule has 3 aromatic heterocycles. The van der Waals surface area contributed by atoms with Crippen LogP contribution in [0.5, 0.6) is 0 Å². The van der Waals surface area contributed by atoms with Crippen molar-refractivity contribution < 1.29 is 0 Å².